The van der Waals surface area contributed by atoms with Crippen molar-refractivity contribution in [3.8, 4) is 0 Å². The van der Waals surface area contributed by atoms with Crippen LogP contribution < -0.4 is 5.32 Å². The second-order valence-corrected chi connectivity index (χ2v) is 9.80. The number of rotatable bonds is 6. The minimum atomic E-state index is -0.218. The number of anilines is 1. The number of benzene rings is 1. The van der Waals surface area contributed by atoms with E-state index in [-0.39, 0.29) is 35.1 Å². The van der Waals surface area contributed by atoms with Gasteiger partial charge in [0.2, 0.25) is 11.8 Å². The van der Waals surface area contributed by atoms with Crippen LogP contribution in [0, 0.1) is 13.8 Å². The first kappa shape index (κ1) is 20.8. The number of amides is 3. The van der Waals surface area contributed by atoms with Crippen molar-refractivity contribution in [3.05, 3.63) is 46.6 Å². The van der Waals surface area contributed by atoms with Crippen LogP contribution in [0.15, 0.2) is 35.6 Å². The van der Waals surface area contributed by atoms with Gasteiger partial charge in [0.1, 0.15) is 16.2 Å². The number of hydrogen-bond donors (Lipinski definition) is 1. The lowest BCUT2D eigenvalue weighted by Crippen LogP contribution is -2.27. The van der Waals surface area contributed by atoms with E-state index >= 15 is 0 Å². The molecule has 10 heteroatoms. The summed E-state index contributed by atoms with van der Waals surface area (Å²) < 4.78 is 0. The topological polar surface area (TPSA) is 92.3 Å². The quantitative estimate of drug-likeness (QED) is 0.436. The fraction of sp³-hybridized carbons (Fsp3) is 0.250. The largest absolute Gasteiger partial charge is 0.325 e. The average molecular weight is 459 g/mol. The number of imide groups is 1. The van der Waals surface area contributed by atoms with Crippen molar-refractivity contribution in [1.29, 1.82) is 0 Å². The van der Waals surface area contributed by atoms with Crippen LogP contribution in [0.2, 0.25) is 0 Å². The number of carbonyl (C=O) groups is 3. The van der Waals surface area contributed by atoms with Gasteiger partial charge < -0.3 is 5.32 Å². The number of thiophene rings is 1. The van der Waals surface area contributed by atoms with Gasteiger partial charge in [-0.15, -0.1) is 11.3 Å². The first-order valence-corrected chi connectivity index (χ1v) is 11.9. The summed E-state index contributed by atoms with van der Waals surface area (Å²) in [5.74, 6) is 0.129. The molecule has 0 unspecified atom stereocenters. The first-order chi connectivity index (χ1) is 14.4. The molecule has 0 aliphatic carbocycles. The standard InChI is InChI=1S/C20H18N4O3S3/c1-11-12(2)30-19-17(11)18(21-10-22-19)28-8-15(25)23-14-5-3-13(4-6-14)7-24-16(26)9-29-20(24)27/h3-6,10H,7-9H2,1-2H3,(H,23,25). The highest BCUT2D eigenvalue weighted by molar-refractivity contribution is 8.14. The Balaban J connectivity index is 1.36. The van der Waals surface area contributed by atoms with Gasteiger partial charge in [-0.1, -0.05) is 35.7 Å². The van der Waals surface area contributed by atoms with Crippen molar-refractivity contribution in [2.24, 2.45) is 0 Å². The molecule has 0 atom stereocenters. The molecule has 3 heterocycles. The van der Waals surface area contributed by atoms with Crippen LogP contribution >= 0.6 is 34.9 Å². The lowest BCUT2D eigenvalue weighted by Gasteiger charge is -2.13. The Morgan fingerprint density at radius 2 is 1.97 bits per heavy atom. The van der Waals surface area contributed by atoms with Crippen molar-refractivity contribution in [3.63, 3.8) is 0 Å². The van der Waals surface area contributed by atoms with E-state index in [2.05, 4.69) is 22.2 Å². The van der Waals surface area contributed by atoms with E-state index in [0.717, 1.165) is 38.1 Å². The predicted molar refractivity (Wildman–Crippen MR) is 121 cm³/mol. The summed E-state index contributed by atoms with van der Waals surface area (Å²) in [4.78, 5) is 47.8. The summed E-state index contributed by atoms with van der Waals surface area (Å²) in [5.41, 5.74) is 2.65. The molecule has 1 aliphatic rings. The molecule has 154 valence electrons. The summed E-state index contributed by atoms with van der Waals surface area (Å²) in [5, 5.41) is 4.48. The SMILES string of the molecule is Cc1sc2ncnc(SCC(=O)Nc3ccc(CN4C(=O)CSC4=O)cc3)c2c1C. The third kappa shape index (κ3) is 4.35. The van der Waals surface area contributed by atoms with Gasteiger partial charge in [-0.3, -0.25) is 19.3 Å². The van der Waals surface area contributed by atoms with Crippen LogP contribution in [-0.2, 0) is 16.1 Å². The molecule has 7 nitrogen and oxygen atoms in total. The number of aromatic nitrogens is 2. The van der Waals surface area contributed by atoms with Gasteiger partial charge >= 0.3 is 0 Å². The maximum absolute atomic E-state index is 12.4. The Kier molecular flexibility index (Phi) is 6.07. The zero-order chi connectivity index (χ0) is 21.3. The van der Waals surface area contributed by atoms with Crippen LogP contribution in [0.1, 0.15) is 16.0 Å². The zero-order valence-electron chi connectivity index (χ0n) is 16.3. The van der Waals surface area contributed by atoms with Crippen molar-refractivity contribution >= 4 is 67.8 Å². The first-order valence-electron chi connectivity index (χ1n) is 9.12. The van der Waals surface area contributed by atoms with E-state index in [1.165, 1.54) is 27.9 Å². The highest BCUT2D eigenvalue weighted by atomic mass is 32.2. The molecule has 1 fully saturated rings. The number of nitrogens with one attached hydrogen (secondary N) is 1. The van der Waals surface area contributed by atoms with Crippen molar-refractivity contribution in [1.82, 2.24) is 14.9 Å². The lowest BCUT2D eigenvalue weighted by atomic mass is 10.2. The van der Waals surface area contributed by atoms with Gasteiger partial charge in [-0.25, -0.2) is 9.97 Å². The number of fused-ring (bicyclic) bond motifs is 1. The van der Waals surface area contributed by atoms with Gasteiger partial charge in [0.25, 0.3) is 5.24 Å². The maximum atomic E-state index is 12.4. The molecular formula is C20H18N4O3S3. The minimum Gasteiger partial charge on any atom is -0.325 e. The van der Waals surface area contributed by atoms with Crippen LogP contribution in [0.4, 0.5) is 10.5 Å². The summed E-state index contributed by atoms with van der Waals surface area (Å²) in [6, 6.07) is 7.15. The molecular weight excluding hydrogens is 440 g/mol. The van der Waals surface area contributed by atoms with Gasteiger partial charge in [-0.2, -0.15) is 0 Å². The molecule has 0 bridgehead atoms. The van der Waals surface area contributed by atoms with Gasteiger partial charge in [0.15, 0.2) is 0 Å². The van der Waals surface area contributed by atoms with E-state index in [1.807, 2.05) is 6.92 Å². The van der Waals surface area contributed by atoms with Gasteiger partial charge in [-0.05, 0) is 37.1 Å². The Morgan fingerprint density at radius 3 is 2.67 bits per heavy atom. The molecule has 0 spiro atoms. The number of hydrogen-bond acceptors (Lipinski definition) is 8. The molecule has 1 N–H and O–H groups in total. The summed E-state index contributed by atoms with van der Waals surface area (Å²) >= 11 is 4.04. The Hall–Kier alpha value is -2.43. The summed E-state index contributed by atoms with van der Waals surface area (Å²) in [6.07, 6.45) is 1.53. The highest BCUT2D eigenvalue weighted by Gasteiger charge is 2.29. The highest BCUT2D eigenvalue weighted by Crippen LogP contribution is 2.34. The number of carbonyl (C=O) groups excluding carboxylic acids is 3. The second kappa shape index (κ2) is 8.75. The Morgan fingerprint density at radius 1 is 1.20 bits per heavy atom. The van der Waals surface area contributed by atoms with Crippen molar-refractivity contribution in [2.45, 2.75) is 25.4 Å². The zero-order valence-corrected chi connectivity index (χ0v) is 18.7. The molecule has 3 aromatic rings. The van der Waals surface area contributed by atoms with Crippen LogP contribution in [0.5, 0.6) is 0 Å². The molecule has 1 aliphatic heterocycles. The van der Waals surface area contributed by atoms with E-state index in [9.17, 15) is 14.4 Å². The smallest absolute Gasteiger partial charge is 0.289 e. The molecule has 2 aromatic heterocycles. The number of thioether (sulfide) groups is 2. The van der Waals surface area contributed by atoms with Crippen molar-refractivity contribution in [2.75, 3.05) is 16.8 Å². The molecule has 0 saturated carbocycles. The predicted octanol–water partition coefficient (Wildman–Crippen LogP) is 4.23. The summed E-state index contributed by atoms with van der Waals surface area (Å²) in [6.45, 7) is 4.35. The minimum absolute atomic E-state index is 0.134. The summed E-state index contributed by atoms with van der Waals surface area (Å²) in [7, 11) is 0. The fourth-order valence-electron chi connectivity index (χ4n) is 3.00. The molecule has 0 radical (unpaired) electrons. The van der Waals surface area contributed by atoms with Gasteiger partial charge in [0, 0.05) is 16.0 Å². The van der Waals surface area contributed by atoms with Gasteiger partial charge in [0.05, 0.1) is 18.1 Å². The van der Waals surface area contributed by atoms with Crippen LogP contribution in [0.25, 0.3) is 10.2 Å². The third-order valence-electron chi connectivity index (χ3n) is 4.69. The van der Waals surface area contributed by atoms with Crippen molar-refractivity contribution < 1.29 is 14.4 Å². The fourth-order valence-corrected chi connectivity index (χ4v) is 5.64. The van der Waals surface area contributed by atoms with E-state index in [4.69, 9.17) is 0 Å². The van der Waals surface area contributed by atoms with E-state index in [0.29, 0.717) is 5.69 Å². The molecule has 30 heavy (non-hydrogen) atoms. The van der Waals surface area contributed by atoms with E-state index in [1.54, 1.807) is 35.6 Å². The van der Waals surface area contributed by atoms with E-state index < -0.39 is 0 Å². The normalized spacial score (nSPS) is 14.0. The average Bonchev–Trinajstić information content (AvgIpc) is 3.21. The Bertz CT molecular complexity index is 1130. The molecule has 1 saturated heterocycles. The Labute approximate surface area is 185 Å². The van der Waals surface area contributed by atoms with Crippen LogP contribution in [0.3, 0.4) is 0 Å². The lowest BCUT2D eigenvalue weighted by molar-refractivity contribution is -0.125. The third-order valence-corrected chi connectivity index (χ3v) is 7.65. The second-order valence-electron chi connectivity index (χ2n) is 6.71. The number of nitrogens with zero attached hydrogens (tertiary/aromatic N) is 3. The maximum Gasteiger partial charge on any atom is 0.289 e. The number of aryl methyl sites for hydroxylation is 2. The molecule has 3 amide bonds. The molecule has 4 rings (SSSR count). The monoisotopic (exact) mass is 458 g/mol. The van der Waals surface area contributed by atoms with Crippen LogP contribution in [-0.4, -0.2) is 43.4 Å². The molecule has 1 aromatic carbocycles.